The molecular weight excluding hydrogens is 278 g/mol. The maximum absolute atomic E-state index is 6.08. The van der Waals surface area contributed by atoms with Gasteiger partial charge in [0.15, 0.2) is 0 Å². The molecule has 1 aromatic carbocycles. The monoisotopic (exact) mass is 297 g/mol. The standard InChI is InChI=1S/C14H20BrNO/c1-10(2)17-14(9-16)6-5-11-7-13(15)4-3-12(11)8-14/h3-4,7,10H,5-6,8-9,16H2,1-2H3. The molecule has 1 atom stereocenters. The summed E-state index contributed by atoms with van der Waals surface area (Å²) in [5.41, 5.74) is 8.59. The highest BCUT2D eigenvalue weighted by molar-refractivity contribution is 9.10. The van der Waals surface area contributed by atoms with Crippen molar-refractivity contribution in [2.45, 2.75) is 44.8 Å². The highest BCUT2D eigenvalue weighted by Crippen LogP contribution is 2.33. The van der Waals surface area contributed by atoms with Crippen LogP contribution in [0.3, 0.4) is 0 Å². The Balaban J connectivity index is 2.24. The molecule has 1 aromatic rings. The summed E-state index contributed by atoms with van der Waals surface area (Å²) in [5.74, 6) is 0. The van der Waals surface area contributed by atoms with Crippen molar-refractivity contribution in [1.82, 2.24) is 0 Å². The van der Waals surface area contributed by atoms with Gasteiger partial charge in [-0.1, -0.05) is 22.0 Å². The fourth-order valence-corrected chi connectivity index (χ4v) is 3.03. The lowest BCUT2D eigenvalue weighted by molar-refractivity contribution is -0.0818. The van der Waals surface area contributed by atoms with Gasteiger partial charge in [-0.15, -0.1) is 0 Å². The molecule has 0 amide bonds. The maximum atomic E-state index is 6.08. The number of ether oxygens (including phenoxy) is 1. The van der Waals surface area contributed by atoms with Crippen LogP contribution in [0.1, 0.15) is 31.4 Å². The van der Waals surface area contributed by atoms with Crippen molar-refractivity contribution in [2.75, 3.05) is 6.54 Å². The lowest BCUT2D eigenvalue weighted by atomic mass is 9.80. The van der Waals surface area contributed by atoms with Crippen LogP contribution in [-0.2, 0) is 17.6 Å². The van der Waals surface area contributed by atoms with Gasteiger partial charge in [0.1, 0.15) is 0 Å². The van der Waals surface area contributed by atoms with E-state index in [0.717, 1.165) is 23.7 Å². The summed E-state index contributed by atoms with van der Waals surface area (Å²) in [6.07, 6.45) is 3.24. The van der Waals surface area contributed by atoms with E-state index in [-0.39, 0.29) is 11.7 Å². The molecule has 0 aliphatic heterocycles. The third-order valence-electron chi connectivity index (χ3n) is 3.39. The average molecular weight is 298 g/mol. The lowest BCUT2D eigenvalue weighted by Gasteiger charge is -2.38. The SMILES string of the molecule is CC(C)OC1(CN)CCc2cc(Br)ccc2C1. The van der Waals surface area contributed by atoms with Crippen LogP contribution in [0.4, 0.5) is 0 Å². The van der Waals surface area contributed by atoms with Gasteiger partial charge in [0, 0.05) is 17.4 Å². The second kappa shape index (κ2) is 5.09. The third kappa shape index (κ3) is 2.90. The van der Waals surface area contributed by atoms with Crippen molar-refractivity contribution in [3.8, 4) is 0 Å². The second-order valence-corrected chi connectivity index (χ2v) is 6.06. The Morgan fingerprint density at radius 2 is 2.18 bits per heavy atom. The molecule has 94 valence electrons. The molecule has 0 heterocycles. The van der Waals surface area contributed by atoms with Crippen molar-refractivity contribution in [3.05, 3.63) is 33.8 Å². The maximum Gasteiger partial charge on any atom is 0.0850 e. The molecule has 3 heteroatoms. The van der Waals surface area contributed by atoms with Crippen molar-refractivity contribution in [2.24, 2.45) is 5.73 Å². The number of aryl methyl sites for hydroxylation is 1. The van der Waals surface area contributed by atoms with Crippen LogP contribution in [0.2, 0.25) is 0 Å². The normalized spacial score (nSPS) is 23.8. The van der Waals surface area contributed by atoms with Crippen LogP contribution < -0.4 is 5.73 Å². The number of nitrogens with two attached hydrogens (primary N) is 1. The molecule has 0 spiro atoms. The Labute approximate surface area is 112 Å². The first kappa shape index (κ1) is 13.1. The van der Waals surface area contributed by atoms with E-state index in [4.69, 9.17) is 10.5 Å². The van der Waals surface area contributed by atoms with E-state index in [1.807, 2.05) is 0 Å². The highest BCUT2D eigenvalue weighted by Gasteiger charge is 2.34. The topological polar surface area (TPSA) is 35.2 Å². The van der Waals surface area contributed by atoms with Crippen LogP contribution in [0, 0.1) is 0 Å². The number of rotatable bonds is 3. The predicted octanol–water partition coefficient (Wildman–Crippen LogP) is 3.06. The molecule has 2 nitrogen and oxygen atoms in total. The summed E-state index contributed by atoms with van der Waals surface area (Å²) >= 11 is 3.52. The molecule has 1 aliphatic carbocycles. The molecule has 0 fully saturated rings. The minimum Gasteiger partial charge on any atom is -0.371 e. The molecule has 17 heavy (non-hydrogen) atoms. The molecule has 0 aromatic heterocycles. The number of hydrogen-bond donors (Lipinski definition) is 1. The Morgan fingerprint density at radius 3 is 2.82 bits per heavy atom. The van der Waals surface area contributed by atoms with Gasteiger partial charge in [0.25, 0.3) is 0 Å². The molecule has 2 N–H and O–H groups in total. The van der Waals surface area contributed by atoms with Crippen LogP contribution in [0.15, 0.2) is 22.7 Å². The summed E-state index contributed by atoms with van der Waals surface area (Å²) in [5, 5.41) is 0. The highest BCUT2D eigenvalue weighted by atomic mass is 79.9. The molecule has 0 bridgehead atoms. The minimum absolute atomic E-state index is 0.158. The zero-order chi connectivity index (χ0) is 12.5. The second-order valence-electron chi connectivity index (χ2n) is 5.14. The van der Waals surface area contributed by atoms with Gasteiger partial charge in [-0.2, -0.15) is 0 Å². The molecular formula is C14H20BrNO. The largest absolute Gasteiger partial charge is 0.371 e. The van der Waals surface area contributed by atoms with Crippen LogP contribution >= 0.6 is 15.9 Å². The summed E-state index contributed by atoms with van der Waals surface area (Å²) in [6, 6.07) is 6.50. The van der Waals surface area contributed by atoms with E-state index in [0.29, 0.717) is 6.54 Å². The predicted molar refractivity (Wildman–Crippen MR) is 74.2 cm³/mol. The lowest BCUT2D eigenvalue weighted by Crippen LogP contribution is -2.47. The van der Waals surface area contributed by atoms with Gasteiger partial charge in [-0.05, 0) is 49.9 Å². The van der Waals surface area contributed by atoms with Gasteiger partial charge in [-0.3, -0.25) is 0 Å². The Kier molecular flexibility index (Phi) is 3.91. The van der Waals surface area contributed by atoms with E-state index in [2.05, 4.69) is 48.0 Å². The number of fused-ring (bicyclic) bond motifs is 1. The quantitative estimate of drug-likeness (QED) is 0.931. The van der Waals surface area contributed by atoms with E-state index in [1.165, 1.54) is 11.1 Å². The summed E-state index contributed by atoms with van der Waals surface area (Å²) in [6.45, 7) is 4.75. The zero-order valence-electron chi connectivity index (χ0n) is 10.5. The Morgan fingerprint density at radius 1 is 1.41 bits per heavy atom. The molecule has 2 rings (SSSR count). The third-order valence-corrected chi connectivity index (χ3v) is 3.88. The average Bonchev–Trinajstić information content (AvgIpc) is 2.29. The first-order valence-electron chi connectivity index (χ1n) is 6.20. The van der Waals surface area contributed by atoms with Crippen molar-refractivity contribution < 1.29 is 4.74 Å². The van der Waals surface area contributed by atoms with Gasteiger partial charge < -0.3 is 10.5 Å². The van der Waals surface area contributed by atoms with Crippen LogP contribution in [0.5, 0.6) is 0 Å². The summed E-state index contributed by atoms with van der Waals surface area (Å²) < 4.78 is 7.23. The fourth-order valence-electron chi connectivity index (χ4n) is 2.62. The molecule has 0 radical (unpaired) electrons. The van der Waals surface area contributed by atoms with Crippen LogP contribution in [0.25, 0.3) is 0 Å². The van der Waals surface area contributed by atoms with E-state index >= 15 is 0 Å². The molecule has 0 saturated carbocycles. The van der Waals surface area contributed by atoms with Gasteiger partial charge in [-0.25, -0.2) is 0 Å². The summed E-state index contributed by atoms with van der Waals surface area (Å²) in [4.78, 5) is 0. The Hall–Kier alpha value is -0.380. The minimum atomic E-state index is -0.158. The Bertz CT molecular complexity index is 405. The fraction of sp³-hybridized carbons (Fsp3) is 0.571. The van der Waals surface area contributed by atoms with E-state index < -0.39 is 0 Å². The van der Waals surface area contributed by atoms with Gasteiger partial charge in [0.05, 0.1) is 11.7 Å². The van der Waals surface area contributed by atoms with Gasteiger partial charge >= 0.3 is 0 Å². The molecule has 0 saturated heterocycles. The van der Waals surface area contributed by atoms with Crippen molar-refractivity contribution in [1.29, 1.82) is 0 Å². The molecule has 1 aliphatic rings. The molecule has 1 unspecified atom stereocenters. The van der Waals surface area contributed by atoms with E-state index in [9.17, 15) is 0 Å². The first-order chi connectivity index (χ1) is 8.04. The smallest absolute Gasteiger partial charge is 0.0850 e. The number of hydrogen-bond acceptors (Lipinski definition) is 2. The van der Waals surface area contributed by atoms with Gasteiger partial charge in [0.2, 0.25) is 0 Å². The van der Waals surface area contributed by atoms with Crippen molar-refractivity contribution >= 4 is 15.9 Å². The van der Waals surface area contributed by atoms with Crippen LogP contribution in [-0.4, -0.2) is 18.2 Å². The zero-order valence-corrected chi connectivity index (χ0v) is 12.1. The van der Waals surface area contributed by atoms with Crippen molar-refractivity contribution in [3.63, 3.8) is 0 Å². The number of benzene rings is 1. The number of halogens is 1. The first-order valence-corrected chi connectivity index (χ1v) is 6.99. The van der Waals surface area contributed by atoms with E-state index in [1.54, 1.807) is 0 Å². The summed E-state index contributed by atoms with van der Waals surface area (Å²) in [7, 11) is 0.